The van der Waals surface area contributed by atoms with Gasteiger partial charge >= 0.3 is 0 Å². The molecule has 118 valence electrons. The highest BCUT2D eigenvalue weighted by Crippen LogP contribution is 2.30. The van der Waals surface area contributed by atoms with Gasteiger partial charge in [-0.2, -0.15) is 5.10 Å². The summed E-state index contributed by atoms with van der Waals surface area (Å²) in [6, 6.07) is 1.92. The number of aromatic nitrogens is 2. The lowest BCUT2D eigenvalue weighted by molar-refractivity contribution is -0.143. The Bertz CT molecular complexity index is 435. The first-order valence-electron chi connectivity index (χ1n) is 7.83. The van der Waals surface area contributed by atoms with Gasteiger partial charge in [-0.1, -0.05) is 12.8 Å². The van der Waals surface area contributed by atoms with Crippen molar-refractivity contribution >= 4 is 18.3 Å². The van der Waals surface area contributed by atoms with E-state index in [0.717, 1.165) is 51.9 Å². The molecule has 6 heteroatoms. The Hall–Kier alpha value is -1.07. The van der Waals surface area contributed by atoms with Crippen molar-refractivity contribution in [1.29, 1.82) is 0 Å². The topological polar surface area (TPSA) is 50.2 Å². The molecule has 2 aliphatic heterocycles. The first-order chi connectivity index (χ1) is 9.83. The fraction of sp³-hybridized carbons (Fsp3) is 0.733. The second-order valence-corrected chi connectivity index (χ2v) is 5.94. The highest BCUT2D eigenvalue weighted by molar-refractivity contribution is 5.85. The summed E-state index contributed by atoms with van der Waals surface area (Å²) in [5.41, 5.74) is -0.459. The molecular weight excluding hydrogens is 288 g/mol. The summed E-state index contributed by atoms with van der Waals surface area (Å²) in [5, 5.41) is 7.75. The second kappa shape index (κ2) is 7.27. The summed E-state index contributed by atoms with van der Waals surface area (Å²) in [6.07, 6.45) is 10.2. The lowest BCUT2D eigenvalue weighted by Gasteiger charge is -2.40. The molecule has 0 bridgehead atoms. The number of piperidine rings is 1. The summed E-state index contributed by atoms with van der Waals surface area (Å²) in [4.78, 5) is 15.2. The molecule has 3 rings (SSSR count). The van der Waals surface area contributed by atoms with Gasteiger partial charge in [0, 0.05) is 25.5 Å². The number of carbonyl (C=O) groups is 1. The maximum absolute atomic E-state index is 13.2. The van der Waals surface area contributed by atoms with Crippen molar-refractivity contribution in [3.63, 3.8) is 0 Å². The van der Waals surface area contributed by atoms with Crippen molar-refractivity contribution in [1.82, 2.24) is 20.0 Å². The molecule has 2 aliphatic rings. The van der Waals surface area contributed by atoms with E-state index >= 15 is 0 Å². The summed E-state index contributed by atoms with van der Waals surface area (Å²) in [6.45, 7) is 3.60. The fourth-order valence-electron chi connectivity index (χ4n) is 3.47. The summed E-state index contributed by atoms with van der Waals surface area (Å²) in [5.74, 6) is 0.282. The molecule has 0 unspecified atom stereocenters. The van der Waals surface area contributed by atoms with Crippen LogP contribution in [-0.2, 0) is 10.3 Å². The molecule has 2 fully saturated rings. The van der Waals surface area contributed by atoms with E-state index in [0.29, 0.717) is 0 Å². The minimum absolute atomic E-state index is 0. The zero-order valence-corrected chi connectivity index (χ0v) is 13.3. The highest BCUT2D eigenvalue weighted by Gasteiger charge is 2.44. The summed E-state index contributed by atoms with van der Waals surface area (Å²) < 4.78 is 1.90. The third-order valence-electron chi connectivity index (χ3n) is 4.67. The molecule has 1 amide bonds. The number of carbonyl (C=O) groups excluding carboxylic acids is 1. The molecule has 2 saturated heterocycles. The summed E-state index contributed by atoms with van der Waals surface area (Å²) in [7, 11) is 0. The Kier molecular flexibility index (Phi) is 5.65. The molecule has 0 radical (unpaired) electrons. The molecule has 0 atom stereocenters. The SMILES string of the molecule is Cl.O=C(N1CCCCCC1)C1(n2cccn2)CCNCC1. The van der Waals surface area contributed by atoms with Gasteiger partial charge in [0.25, 0.3) is 5.91 Å². The Morgan fingerprint density at radius 3 is 2.33 bits per heavy atom. The van der Waals surface area contributed by atoms with Crippen LogP contribution in [0.15, 0.2) is 18.5 Å². The van der Waals surface area contributed by atoms with E-state index in [1.165, 1.54) is 12.8 Å². The molecule has 1 N–H and O–H groups in total. The van der Waals surface area contributed by atoms with Gasteiger partial charge in [0.2, 0.25) is 0 Å². The van der Waals surface area contributed by atoms with Crippen molar-refractivity contribution in [2.24, 2.45) is 0 Å². The number of rotatable bonds is 2. The molecule has 0 saturated carbocycles. The van der Waals surface area contributed by atoms with Crippen molar-refractivity contribution in [3.8, 4) is 0 Å². The Morgan fingerprint density at radius 1 is 1.10 bits per heavy atom. The lowest BCUT2D eigenvalue weighted by Crippen LogP contribution is -2.55. The molecule has 5 nitrogen and oxygen atoms in total. The Morgan fingerprint density at radius 2 is 1.76 bits per heavy atom. The smallest absolute Gasteiger partial charge is 0.250 e. The van der Waals surface area contributed by atoms with Gasteiger partial charge < -0.3 is 10.2 Å². The molecule has 0 aliphatic carbocycles. The van der Waals surface area contributed by atoms with Gasteiger partial charge in [-0.3, -0.25) is 9.48 Å². The fourth-order valence-corrected chi connectivity index (χ4v) is 3.47. The standard InChI is InChI=1S/C15H24N4O.ClH/c20-14(18-11-3-1-2-4-12-18)15(6-9-16-10-7-15)19-13-5-8-17-19;/h5,8,13,16H,1-4,6-7,9-12H2;1H. The van der Waals surface area contributed by atoms with Gasteiger partial charge in [-0.15, -0.1) is 12.4 Å². The number of amides is 1. The molecular formula is C15H25ClN4O. The van der Waals surface area contributed by atoms with Gasteiger partial charge in [0.05, 0.1) is 0 Å². The van der Waals surface area contributed by atoms with Crippen LogP contribution in [0.4, 0.5) is 0 Å². The highest BCUT2D eigenvalue weighted by atomic mass is 35.5. The number of nitrogens with zero attached hydrogens (tertiary/aromatic N) is 3. The van der Waals surface area contributed by atoms with Crippen molar-refractivity contribution in [2.45, 2.75) is 44.1 Å². The number of halogens is 1. The summed E-state index contributed by atoms with van der Waals surface area (Å²) >= 11 is 0. The van der Waals surface area contributed by atoms with Crippen LogP contribution in [0.3, 0.4) is 0 Å². The van der Waals surface area contributed by atoms with E-state index in [9.17, 15) is 4.79 Å². The predicted molar refractivity (Wildman–Crippen MR) is 84.6 cm³/mol. The molecule has 1 aromatic rings. The van der Waals surface area contributed by atoms with E-state index in [1.54, 1.807) is 6.20 Å². The second-order valence-electron chi connectivity index (χ2n) is 5.94. The molecule has 3 heterocycles. The van der Waals surface area contributed by atoms with Crippen molar-refractivity contribution in [3.05, 3.63) is 18.5 Å². The van der Waals surface area contributed by atoms with Crippen LogP contribution in [0.5, 0.6) is 0 Å². The van der Waals surface area contributed by atoms with Crippen LogP contribution < -0.4 is 5.32 Å². The number of hydrogen-bond acceptors (Lipinski definition) is 3. The maximum Gasteiger partial charge on any atom is 0.250 e. The van der Waals surface area contributed by atoms with Gasteiger partial charge in [-0.05, 0) is 44.8 Å². The Labute approximate surface area is 132 Å². The third-order valence-corrected chi connectivity index (χ3v) is 4.67. The number of hydrogen-bond donors (Lipinski definition) is 1. The van der Waals surface area contributed by atoms with E-state index in [-0.39, 0.29) is 18.3 Å². The monoisotopic (exact) mass is 312 g/mol. The first kappa shape index (κ1) is 16.3. The van der Waals surface area contributed by atoms with Crippen LogP contribution >= 0.6 is 12.4 Å². The van der Waals surface area contributed by atoms with E-state index in [2.05, 4.69) is 15.3 Å². The van der Waals surface area contributed by atoms with E-state index in [1.807, 2.05) is 16.9 Å². The average molecular weight is 313 g/mol. The predicted octanol–water partition coefficient (Wildman–Crippen LogP) is 1.79. The molecule has 0 spiro atoms. The zero-order valence-electron chi connectivity index (χ0n) is 12.5. The van der Waals surface area contributed by atoms with Crippen LogP contribution in [0, 0.1) is 0 Å². The number of nitrogens with one attached hydrogen (secondary N) is 1. The minimum atomic E-state index is -0.459. The lowest BCUT2D eigenvalue weighted by atomic mass is 9.86. The van der Waals surface area contributed by atoms with E-state index in [4.69, 9.17) is 0 Å². The zero-order chi connectivity index (χ0) is 13.8. The minimum Gasteiger partial charge on any atom is -0.341 e. The maximum atomic E-state index is 13.2. The third kappa shape index (κ3) is 3.24. The van der Waals surface area contributed by atoms with Crippen LogP contribution in [-0.4, -0.2) is 46.8 Å². The largest absolute Gasteiger partial charge is 0.341 e. The normalized spacial score (nSPS) is 22.2. The molecule has 0 aromatic carbocycles. The van der Waals surface area contributed by atoms with Gasteiger partial charge in [0.1, 0.15) is 5.54 Å². The van der Waals surface area contributed by atoms with Gasteiger partial charge in [0.15, 0.2) is 0 Å². The van der Waals surface area contributed by atoms with Crippen molar-refractivity contribution < 1.29 is 4.79 Å². The van der Waals surface area contributed by atoms with E-state index < -0.39 is 5.54 Å². The quantitative estimate of drug-likeness (QED) is 0.906. The number of likely N-dealkylation sites (tertiary alicyclic amines) is 1. The first-order valence-corrected chi connectivity index (χ1v) is 7.83. The average Bonchev–Trinajstić information content (AvgIpc) is 2.91. The van der Waals surface area contributed by atoms with Gasteiger partial charge in [-0.25, -0.2) is 0 Å². The van der Waals surface area contributed by atoms with Crippen LogP contribution in [0.2, 0.25) is 0 Å². The Balaban J connectivity index is 0.00000161. The van der Waals surface area contributed by atoms with Crippen LogP contribution in [0.25, 0.3) is 0 Å². The van der Waals surface area contributed by atoms with Crippen LogP contribution in [0.1, 0.15) is 38.5 Å². The molecule has 21 heavy (non-hydrogen) atoms. The molecule has 1 aromatic heterocycles. The van der Waals surface area contributed by atoms with Crippen molar-refractivity contribution in [2.75, 3.05) is 26.2 Å².